The number of carboxylic acid groups (broad SMARTS) is 19. The summed E-state index contributed by atoms with van der Waals surface area (Å²) in [4.78, 5) is 221. The second kappa shape index (κ2) is 56.4. The van der Waals surface area contributed by atoms with Crippen LogP contribution in [0, 0.1) is 17.8 Å². The lowest BCUT2D eigenvalue weighted by Gasteiger charge is -2.25. The van der Waals surface area contributed by atoms with E-state index < -0.39 is 224 Å². The van der Waals surface area contributed by atoms with Crippen LogP contribution in [0.2, 0.25) is 0 Å². The SMILES string of the molecule is CC(C)C(O)(CC(=O)O)C(=O)O.O=C(O)/C=C\C(=O)O.O=C(O)C(O)C(O)C(=O)O.O=C(O)C(O)C(O)C(O)C(O)C(=O)O.O=C(O)CC(O)(CC(=O)O)C(=O)O.O=C(O)CC(O)C(=O)O.O=CO/C=C/C(=O)O.O=COCC(C(=O)O)C(CC(=O)O)C(=O)O.O=COc1cc(C(=O)O)cc(C(=O)O)c1. The van der Waals surface area contributed by atoms with Crippen LogP contribution >= 0.6 is 0 Å². The van der Waals surface area contributed by atoms with Gasteiger partial charge in [-0.05, 0) is 24.1 Å². The summed E-state index contributed by atoms with van der Waals surface area (Å²) >= 11 is 0. The van der Waals surface area contributed by atoms with E-state index in [1.165, 1.54) is 13.8 Å². The molecule has 0 aliphatic carbocycles. The molecule has 1 aromatic carbocycles. The molecule has 10 unspecified atom stereocenters. The number of carbonyl (C=O) groups excluding carboxylic acids is 3. The molecule has 0 saturated heterocycles. The number of aliphatic carboxylic acids is 17. The maximum atomic E-state index is 10.7. The molecule has 53 heteroatoms. The van der Waals surface area contributed by atoms with Crippen molar-refractivity contribution in [1.29, 1.82) is 0 Å². The first kappa shape index (κ1) is 108. The lowest BCUT2D eigenvalue weighted by Crippen LogP contribution is -2.49. The first-order valence-corrected chi connectivity index (χ1v) is 26.0. The molecule has 1 rings (SSSR count). The topological polar surface area (TPSA) is 970 Å². The fraction of sp³-hybridized carbons (Fsp3) is 0.385. The van der Waals surface area contributed by atoms with Gasteiger partial charge in [-0.1, -0.05) is 13.8 Å². The minimum Gasteiger partial charge on any atom is -0.481 e. The molecule has 105 heavy (non-hydrogen) atoms. The normalized spacial score (nSPS) is 13.1. The molecule has 0 aliphatic rings. The number of aliphatic hydroxyl groups excluding tert-OH is 7. The molecular formula is C52H66O53. The number of carboxylic acids is 19. The van der Waals surface area contributed by atoms with Crippen LogP contribution in [0.25, 0.3) is 0 Å². The predicted octanol–water partition coefficient (Wildman–Crippen LogP) is -8.81. The molecule has 53 nitrogen and oxygen atoms in total. The molecule has 10 atom stereocenters. The van der Waals surface area contributed by atoms with Crippen LogP contribution in [0.4, 0.5) is 0 Å². The van der Waals surface area contributed by atoms with E-state index in [1.807, 2.05) is 0 Å². The van der Waals surface area contributed by atoms with Crippen LogP contribution in [0.5, 0.6) is 5.75 Å². The molecule has 0 spiro atoms. The maximum Gasteiger partial charge on any atom is 0.336 e. The molecular weight excluding hydrogens is 1470 g/mol. The van der Waals surface area contributed by atoms with E-state index >= 15 is 0 Å². The molecule has 0 radical (unpaired) electrons. The highest BCUT2D eigenvalue weighted by Crippen LogP contribution is 2.22. The molecule has 0 heterocycles. The highest BCUT2D eigenvalue weighted by atomic mass is 16.5. The zero-order valence-corrected chi connectivity index (χ0v) is 52.5. The number of hydrogen-bond acceptors (Lipinski definition) is 34. The zero-order chi connectivity index (χ0) is 84.9. The first-order valence-electron chi connectivity index (χ1n) is 26.0. The third-order valence-electron chi connectivity index (χ3n) is 10.1. The molecule has 0 aromatic heterocycles. The Labute approximate surface area is 578 Å². The van der Waals surface area contributed by atoms with Crippen LogP contribution < -0.4 is 4.74 Å². The standard InChI is InChI=1S/C9H6O6.C8H10O8.C7H12O5.C6H10O8.C6H8O7.C4H6O6.C4H6O5.2C4H4O4/c10-4-15-7-2-5(8(11)12)1-6(3-7)9(13)14;9-3-16-2-5(8(14)15)4(7(12)13)1-6(10)11;1-4(2)7(12,6(10)11)3-5(8)9;7-1(3(9)5(11)12)2(8)4(10)6(13)14;7-3(8)1-6(13,5(11)12)2-4(9)10;5-1(3(7)8)2(6)4(9)10;5-2(4(8)9)1-3(6)7;5-3-8-2-1-4(6)7;5-3(6)1-2-4(7)8/h1-4H,(H,11,12)(H,13,14);3-5H,1-2H2,(H,10,11)(H,12,13)(H,14,15);4,12H,3H2,1-2H3,(H,8,9)(H,10,11);1-4,7-10H,(H,11,12)(H,13,14);13H,1-2H2,(H,7,8)(H,9,10)(H,11,12);1-2,5-6H,(H,7,8)(H,9,10);2,5H,1H2,(H,6,7)(H,8,9);1-3H,(H,6,7);1-2H,(H,5,6)(H,7,8)/b;;;;;;;2-1+;2-1-. The van der Waals surface area contributed by atoms with Crippen molar-refractivity contribution in [3.63, 3.8) is 0 Å². The summed E-state index contributed by atoms with van der Waals surface area (Å²) < 4.78 is 12.4. The molecule has 28 N–H and O–H groups in total. The van der Waals surface area contributed by atoms with E-state index in [9.17, 15) is 111 Å². The Kier molecular flexibility index (Phi) is 57.9. The summed E-state index contributed by atoms with van der Waals surface area (Å²) in [6, 6.07) is 3.09. The Morgan fingerprint density at radius 3 is 0.933 bits per heavy atom. The Hall–Kier alpha value is -13.3. The van der Waals surface area contributed by atoms with E-state index in [0.29, 0.717) is 18.2 Å². The lowest BCUT2D eigenvalue weighted by molar-refractivity contribution is -0.172. The van der Waals surface area contributed by atoms with Crippen molar-refractivity contribution in [2.24, 2.45) is 17.8 Å². The van der Waals surface area contributed by atoms with Crippen LogP contribution in [0.15, 0.2) is 42.7 Å². The quantitative estimate of drug-likeness (QED) is 0.0167. The summed E-state index contributed by atoms with van der Waals surface area (Å²) in [6.07, 6.45) is -17.7. The van der Waals surface area contributed by atoms with Gasteiger partial charge in [0.05, 0.1) is 55.2 Å². The number of rotatable bonds is 37. The van der Waals surface area contributed by atoms with Crippen molar-refractivity contribution >= 4 is 133 Å². The van der Waals surface area contributed by atoms with Gasteiger partial charge in [0, 0.05) is 12.2 Å². The largest absolute Gasteiger partial charge is 0.481 e. The highest BCUT2D eigenvalue weighted by Gasteiger charge is 2.43. The zero-order valence-electron chi connectivity index (χ0n) is 52.5. The van der Waals surface area contributed by atoms with Crippen molar-refractivity contribution in [1.82, 2.24) is 0 Å². The second-order valence-electron chi connectivity index (χ2n) is 18.4. The van der Waals surface area contributed by atoms with Gasteiger partial charge >= 0.3 is 113 Å². The average Bonchev–Trinajstić information content (AvgIpc) is 0.861. The molecule has 0 aliphatic heterocycles. The van der Waals surface area contributed by atoms with Crippen molar-refractivity contribution in [2.75, 3.05) is 6.61 Å². The van der Waals surface area contributed by atoms with Gasteiger partial charge in [0.1, 0.15) is 36.7 Å². The van der Waals surface area contributed by atoms with Gasteiger partial charge in [-0.2, -0.15) is 0 Å². The second-order valence-corrected chi connectivity index (χ2v) is 18.4. The predicted molar refractivity (Wildman–Crippen MR) is 311 cm³/mol. The van der Waals surface area contributed by atoms with Gasteiger partial charge in [0.25, 0.3) is 19.4 Å². The van der Waals surface area contributed by atoms with Crippen LogP contribution in [0.1, 0.15) is 66.7 Å². The van der Waals surface area contributed by atoms with Crippen molar-refractivity contribution < 1.29 is 263 Å². The molecule has 0 fully saturated rings. The minimum atomic E-state index is -2.74. The van der Waals surface area contributed by atoms with Crippen LogP contribution in [-0.2, 0) is 105 Å². The molecule has 0 saturated carbocycles. The average molecular weight is 1540 g/mol. The van der Waals surface area contributed by atoms with E-state index in [1.54, 1.807) is 0 Å². The minimum absolute atomic E-state index is 0.0321. The van der Waals surface area contributed by atoms with Gasteiger partial charge < -0.3 is 157 Å². The Balaban J connectivity index is -0.000000170. The molecule has 0 amide bonds. The van der Waals surface area contributed by atoms with E-state index in [-0.39, 0.29) is 36.3 Å². The van der Waals surface area contributed by atoms with E-state index in [0.717, 1.165) is 24.5 Å². The van der Waals surface area contributed by atoms with Crippen molar-refractivity contribution in [3.8, 4) is 5.75 Å². The van der Waals surface area contributed by atoms with Gasteiger partial charge in [0.2, 0.25) is 0 Å². The van der Waals surface area contributed by atoms with Gasteiger partial charge in [-0.3, -0.25) is 47.9 Å². The smallest absolute Gasteiger partial charge is 0.336 e. The fourth-order valence-corrected chi connectivity index (χ4v) is 4.99. The maximum absolute atomic E-state index is 10.7. The third kappa shape index (κ3) is 56.2. The molecule has 0 bridgehead atoms. The number of aliphatic hydroxyl groups is 9. The number of benzene rings is 1. The van der Waals surface area contributed by atoms with Crippen LogP contribution in [0.3, 0.4) is 0 Å². The number of hydrogen-bond donors (Lipinski definition) is 28. The summed E-state index contributed by atoms with van der Waals surface area (Å²) in [5.74, 6) is -32.7. The molecule has 1 aromatic rings. The monoisotopic (exact) mass is 1540 g/mol. The van der Waals surface area contributed by atoms with Crippen LogP contribution in [-0.4, -0.2) is 336 Å². The number of carbonyl (C=O) groups is 22. The summed E-state index contributed by atoms with van der Waals surface area (Å²) in [5.41, 5.74) is -5.41. The Morgan fingerprint density at radius 2 is 0.733 bits per heavy atom. The Bertz CT molecular complexity index is 3100. The van der Waals surface area contributed by atoms with Gasteiger partial charge in [-0.25, -0.2) is 57.5 Å². The van der Waals surface area contributed by atoms with Crippen molar-refractivity contribution in [2.45, 2.75) is 99.9 Å². The number of aromatic carboxylic acids is 2. The third-order valence-corrected chi connectivity index (χ3v) is 10.1. The fourth-order valence-electron chi connectivity index (χ4n) is 4.99. The van der Waals surface area contributed by atoms with Gasteiger partial charge in [-0.15, -0.1) is 0 Å². The van der Waals surface area contributed by atoms with Crippen molar-refractivity contribution in [3.05, 3.63) is 53.8 Å². The van der Waals surface area contributed by atoms with E-state index in [2.05, 4.69) is 14.2 Å². The summed E-state index contributed by atoms with van der Waals surface area (Å²) in [6.45, 7) is 2.43. The summed E-state index contributed by atoms with van der Waals surface area (Å²) in [7, 11) is 0. The van der Waals surface area contributed by atoms with Gasteiger partial charge in [0.15, 0.2) is 41.7 Å². The highest BCUT2D eigenvalue weighted by molar-refractivity contribution is 5.95. The summed E-state index contributed by atoms with van der Waals surface area (Å²) in [5, 5.41) is 235. The Morgan fingerprint density at radius 1 is 0.390 bits per heavy atom. The lowest BCUT2D eigenvalue weighted by atomic mass is 9.87. The van der Waals surface area contributed by atoms with E-state index in [4.69, 9.17) is 138 Å². The first-order chi connectivity index (χ1) is 47.7. The molecule has 592 valence electrons. The number of ether oxygens (including phenoxy) is 3.